The molecule has 6 aromatic carbocycles. The first-order valence-corrected chi connectivity index (χ1v) is 15.8. The molecule has 4 nitrogen and oxygen atoms in total. The van der Waals surface area contributed by atoms with Crippen LogP contribution in [0.4, 0.5) is 35.1 Å². The van der Waals surface area contributed by atoms with Crippen LogP contribution in [0.5, 0.6) is 11.5 Å². The molecule has 0 aliphatic rings. The third-order valence-electron chi connectivity index (χ3n) is 8.45. The lowest BCUT2D eigenvalue weighted by molar-refractivity contribution is 0.212. The zero-order valence-electron chi connectivity index (χ0n) is 26.9. The van der Waals surface area contributed by atoms with Crippen molar-refractivity contribution in [2.45, 2.75) is 24.3 Å². The molecule has 0 heterocycles. The van der Waals surface area contributed by atoms with E-state index in [0.29, 0.717) is 22.3 Å². The van der Waals surface area contributed by atoms with Crippen LogP contribution in [0.3, 0.4) is 0 Å². The molecule has 2 atom stereocenters. The molecule has 6 aromatic rings. The molecule has 52 heavy (non-hydrogen) atoms. The van der Waals surface area contributed by atoms with Gasteiger partial charge in [0.2, 0.25) is 23.3 Å². The summed E-state index contributed by atoms with van der Waals surface area (Å²) in [5.74, 6) is -19.5. The predicted octanol–water partition coefficient (Wildman–Crippen LogP) is 9.84. The van der Waals surface area contributed by atoms with E-state index in [-0.39, 0.29) is 0 Å². The van der Waals surface area contributed by atoms with Crippen molar-refractivity contribution >= 4 is 0 Å². The van der Waals surface area contributed by atoms with Crippen molar-refractivity contribution in [1.29, 1.82) is 0 Å². The molecule has 0 aliphatic heterocycles. The molecule has 0 saturated carbocycles. The number of ether oxygens (including phenoxy) is 2. The van der Waals surface area contributed by atoms with Crippen LogP contribution in [0.1, 0.15) is 57.7 Å². The van der Waals surface area contributed by atoms with Crippen molar-refractivity contribution in [3.63, 3.8) is 0 Å². The Morgan fingerprint density at radius 3 is 0.750 bits per heavy atom. The normalized spacial score (nSPS) is 12.6. The summed E-state index contributed by atoms with van der Waals surface area (Å²) in [5.41, 5.74) is 10.0. The summed E-state index contributed by atoms with van der Waals surface area (Å²) in [5, 5.41) is 0. The summed E-state index contributed by atoms with van der Waals surface area (Å²) in [6.45, 7) is 0. The first kappa shape index (κ1) is 36.1. The number of halogens is 8. The third-order valence-corrected chi connectivity index (χ3v) is 8.45. The van der Waals surface area contributed by atoms with Gasteiger partial charge in [-0.3, -0.25) is 0 Å². The Bertz CT molecular complexity index is 1880. The molecule has 0 fully saturated rings. The van der Waals surface area contributed by atoms with Gasteiger partial charge >= 0.3 is 0 Å². The second-order valence-electron chi connectivity index (χ2n) is 11.7. The van der Waals surface area contributed by atoms with Gasteiger partial charge in [-0.2, -0.15) is 17.6 Å². The minimum absolute atomic E-state index is 0.373. The zero-order chi connectivity index (χ0) is 37.1. The van der Waals surface area contributed by atoms with Crippen molar-refractivity contribution < 1.29 is 44.6 Å². The lowest BCUT2D eigenvalue weighted by atomic mass is 9.92. The highest BCUT2D eigenvalue weighted by Gasteiger charge is 2.38. The van der Waals surface area contributed by atoms with Gasteiger partial charge in [0.1, 0.15) is 12.2 Å². The van der Waals surface area contributed by atoms with Crippen molar-refractivity contribution in [3.8, 4) is 11.5 Å². The molecule has 0 aromatic heterocycles. The van der Waals surface area contributed by atoms with Gasteiger partial charge in [-0.15, -0.1) is 0 Å². The fraction of sp³-hybridized carbons (Fsp3) is 0.100. The Kier molecular flexibility index (Phi) is 10.6. The van der Waals surface area contributed by atoms with Gasteiger partial charge in [0, 0.05) is 11.1 Å². The van der Waals surface area contributed by atoms with Gasteiger partial charge in [0.15, 0.2) is 34.8 Å². The number of hydrogen-bond donors (Lipinski definition) is 2. The number of rotatable bonds is 11. The standard InChI is InChI=1S/C40H28F8N2O2/c41-27-25(28(42)32(46)39(31(27)45)51-37(21-13-5-1-6-14-21)22-15-7-2-8-16-22)35(49)36(50)26-29(43)33(47)40(34(48)30(26)44)52-38(23-17-9-3-10-18-23)24-19-11-4-12-20-24/h1-20,35-38H,49-50H2/t35-,36-/m0/s1. The third kappa shape index (κ3) is 6.82. The van der Waals surface area contributed by atoms with Gasteiger partial charge in [0.05, 0.1) is 12.1 Å². The topological polar surface area (TPSA) is 70.5 Å². The molecule has 266 valence electrons. The first-order chi connectivity index (χ1) is 25.0. The van der Waals surface area contributed by atoms with Crippen LogP contribution < -0.4 is 20.9 Å². The minimum atomic E-state index is -2.48. The SMILES string of the molecule is N[C@@H](c1c(F)c(F)c(OC(c2ccccc2)c2ccccc2)c(F)c1F)[C@@H](N)c1c(F)c(F)c(OC(c2ccccc2)c2ccccc2)c(F)c1F. The van der Waals surface area contributed by atoms with Gasteiger partial charge < -0.3 is 20.9 Å². The maximum Gasteiger partial charge on any atom is 0.204 e. The smallest absolute Gasteiger partial charge is 0.204 e. The Labute approximate surface area is 292 Å². The highest BCUT2D eigenvalue weighted by molar-refractivity contribution is 5.43. The highest BCUT2D eigenvalue weighted by atomic mass is 19.2. The second kappa shape index (κ2) is 15.3. The van der Waals surface area contributed by atoms with E-state index in [1.54, 1.807) is 121 Å². The molecular weight excluding hydrogens is 692 g/mol. The summed E-state index contributed by atoms with van der Waals surface area (Å²) in [7, 11) is 0. The van der Waals surface area contributed by atoms with E-state index in [2.05, 4.69) is 0 Å². The largest absolute Gasteiger partial charge is 0.475 e. The molecule has 4 N–H and O–H groups in total. The van der Waals surface area contributed by atoms with E-state index in [1.165, 1.54) is 0 Å². The van der Waals surface area contributed by atoms with Crippen LogP contribution in [0, 0.1) is 46.5 Å². The Morgan fingerprint density at radius 1 is 0.327 bits per heavy atom. The first-order valence-electron chi connectivity index (χ1n) is 15.8. The minimum Gasteiger partial charge on any atom is -0.475 e. The monoisotopic (exact) mass is 720 g/mol. The molecule has 12 heteroatoms. The number of benzene rings is 6. The summed E-state index contributed by atoms with van der Waals surface area (Å²) in [6, 6.07) is 27.1. The van der Waals surface area contributed by atoms with Gasteiger partial charge in [-0.25, -0.2) is 17.6 Å². The van der Waals surface area contributed by atoms with Crippen LogP contribution in [0.2, 0.25) is 0 Å². The van der Waals surface area contributed by atoms with Crippen LogP contribution in [-0.4, -0.2) is 0 Å². The van der Waals surface area contributed by atoms with Crippen molar-refractivity contribution in [1.82, 2.24) is 0 Å². The van der Waals surface area contributed by atoms with E-state index >= 15 is 35.1 Å². The Balaban J connectivity index is 1.36. The molecule has 0 radical (unpaired) electrons. The van der Waals surface area contributed by atoms with Crippen LogP contribution >= 0.6 is 0 Å². The molecule has 0 aliphatic carbocycles. The molecule has 0 amide bonds. The van der Waals surface area contributed by atoms with E-state index in [9.17, 15) is 0 Å². The number of hydrogen-bond acceptors (Lipinski definition) is 4. The van der Waals surface area contributed by atoms with Gasteiger partial charge in [-0.05, 0) is 22.3 Å². The maximum atomic E-state index is 15.6. The second-order valence-corrected chi connectivity index (χ2v) is 11.7. The lowest BCUT2D eigenvalue weighted by Gasteiger charge is -2.26. The van der Waals surface area contributed by atoms with E-state index in [1.807, 2.05) is 0 Å². The number of nitrogens with two attached hydrogens (primary N) is 2. The van der Waals surface area contributed by atoms with Crippen molar-refractivity contribution in [2.75, 3.05) is 0 Å². The molecule has 0 saturated heterocycles. The summed E-state index contributed by atoms with van der Waals surface area (Å²) < 4.78 is 136. The van der Waals surface area contributed by atoms with Gasteiger partial charge in [0.25, 0.3) is 0 Å². The molecule has 0 unspecified atom stereocenters. The molecular formula is C40H28F8N2O2. The Hall–Kier alpha value is -5.72. The lowest BCUT2D eigenvalue weighted by Crippen LogP contribution is -2.31. The van der Waals surface area contributed by atoms with Crippen LogP contribution in [0.15, 0.2) is 121 Å². The fourth-order valence-corrected chi connectivity index (χ4v) is 5.81. The quantitative estimate of drug-likeness (QED) is 0.103. The van der Waals surface area contributed by atoms with E-state index < -0.39 is 93.5 Å². The zero-order valence-corrected chi connectivity index (χ0v) is 26.9. The van der Waals surface area contributed by atoms with Crippen LogP contribution in [-0.2, 0) is 0 Å². The fourth-order valence-electron chi connectivity index (χ4n) is 5.81. The predicted molar refractivity (Wildman–Crippen MR) is 177 cm³/mol. The Morgan fingerprint density at radius 2 is 0.538 bits per heavy atom. The van der Waals surface area contributed by atoms with Gasteiger partial charge in [-0.1, -0.05) is 121 Å². The van der Waals surface area contributed by atoms with Crippen molar-refractivity contribution in [2.24, 2.45) is 11.5 Å². The van der Waals surface area contributed by atoms with E-state index in [4.69, 9.17) is 20.9 Å². The molecule has 0 spiro atoms. The molecule has 6 rings (SSSR count). The maximum absolute atomic E-state index is 15.6. The average molecular weight is 721 g/mol. The summed E-state index contributed by atoms with van der Waals surface area (Å²) >= 11 is 0. The molecule has 0 bridgehead atoms. The van der Waals surface area contributed by atoms with Crippen LogP contribution in [0.25, 0.3) is 0 Å². The summed E-state index contributed by atoms with van der Waals surface area (Å²) in [6.07, 6.45) is -2.49. The highest BCUT2D eigenvalue weighted by Crippen LogP contribution is 2.42. The average Bonchev–Trinajstić information content (AvgIpc) is 3.18. The van der Waals surface area contributed by atoms with E-state index in [0.717, 1.165) is 0 Å². The summed E-state index contributed by atoms with van der Waals surface area (Å²) in [4.78, 5) is 0. The van der Waals surface area contributed by atoms with Crippen molar-refractivity contribution in [3.05, 3.63) is 201 Å².